The predicted octanol–water partition coefficient (Wildman–Crippen LogP) is 4.64. The quantitative estimate of drug-likeness (QED) is 0.795. The monoisotopic (exact) mass is 347 g/mol. The fourth-order valence-electron chi connectivity index (χ4n) is 3.92. The Morgan fingerprint density at radius 1 is 1.19 bits per heavy atom. The Labute approximate surface area is 154 Å². The van der Waals surface area contributed by atoms with E-state index in [0.717, 1.165) is 41.5 Å². The number of nitrogens with one attached hydrogen (secondary N) is 2. The van der Waals surface area contributed by atoms with Gasteiger partial charge in [0.05, 0.1) is 5.57 Å². The van der Waals surface area contributed by atoms with Gasteiger partial charge in [0, 0.05) is 41.9 Å². The van der Waals surface area contributed by atoms with E-state index in [4.69, 9.17) is 0 Å². The maximum atomic E-state index is 12.3. The normalized spacial score (nSPS) is 20.8. The zero-order chi connectivity index (χ0) is 18.1. The molecule has 134 valence electrons. The molecule has 0 bridgehead atoms. The second-order valence-electron chi connectivity index (χ2n) is 7.39. The molecule has 2 aliphatic rings. The average Bonchev–Trinajstić information content (AvgIpc) is 2.97. The summed E-state index contributed by atoms with van der Waals surface area (Å²) in [6.45, 7) is 6.62. The van der Waals surface area contributed by atoms with E-state index in [1.807, 2.05) is 31.3 Å². The number of rotatable bonds is 3. The molecule has 0 radical (unpaired) electrons. The molecule has 0 aliphatic carbocycles. The Kier molecular flexibility index (Phi) is 4.41. The van der Waals surface area contributed by atoms with E-state index in [1.165, 1.54) is 18.5 Å². The van der Waals surface area contributed by atoms with Gasteiger partial charge in [-0.15, -0.1) is 0 Å². The Bertz CT molecular complexity index is 854. The molecule has 2 aromatic rings. The van der Waals surface area contributed by atoms with Crippen LogP contribution < -0.4 is 15.5 Å². The lowest BCUT2D eigenvalue weighted by Gasteiger charge is -2.32. The van der Waals surface area contributed by atoms with Crippen molar-refractivity contribution in [3.63, 3.8) is 0 Å². The molecule has 1 atom stereocenters. The standard InChI is InChI=1S/C22H25N3O/c1-15-5-4-12-25(14-15)18-10-8-17(9-11-18)23-13-19-21-16(2)6-3-7-20(21)24-22(19)26/h3,6-11,13,15,23H,4-5,12,14H2,1-2H3,(H,24,26)/b19-13+. The zero-order valence-electron chi connectivity index (χ0n) is 15.4. The van der Waals surface area contributed by atoms with Gasteiger partial charge in [0.1, 0.15) is 0 Å². The number of carbonyl (C=O) groups is 1. The number of hydrogen-bond donors (Lipinski definition) is 2. The summed E-state index contributed by atoms with van der Waals surface area (Å²) in [5.74, 6) is 0.705. The Morgan fingerprint density at radius 3 is 2.77 bits per heavy atom. The van der Waals surface area contributed by atoms with Crippen molar-refractivity contribution in [3.05, 3.63) is 59.8 Å². The Hall–Kier alpha value is -2.75. The molecule has 4 nitrogen and oxygen atoms in total. The van der Waals surface area contributed by atoms with Crippen molar-refractivity contribution in [2.75, 3.05) is 28.6 Å². The highest BCUT2D eigenvalue weighted by molar-refractivity contribution is 6.32. The minimum atomic E-state index is -0.0549. The molecule has 1 unspecified atom stereocenters. The van der Waals surface area contributed by atoms with Gasteiger partial charge in [0.25, 0.3) is 5.91 Å². The van der Waals surface area contributed by atoms with Gasteiger partial charge in [0.15, 0.2) is 0 Å². The van der Waals surface area contributed by atoms with Crippen molar-refractivity contribution in [2.24, 2.45) is 5.92 Å². The predicted molar refractivity (Wildman–Crippen MR) is 108 cm³/mol. The highest BCUT2D eigenvalue weighted by Crippen LogP contribution is 2.34. The lowest BCUT2D eigenvalue weighted by atomic mass is 10.00. The molecule has 4 rings (SSSR count). The highest BCUT2D eigenvalue weighted by atomic mass is 16.2. The summed E-state index contributed by atoms with van der Waals surface area (Å²) < 4.78 is 0. The lowest BCUT2D eigenvalue weighted by Crippen LogP contribution is -2.34. The summed E-state index contributed by atoms with van der Waals surface area (Å²) in [6.07, 6.45) is 4.40. The first kappa shape index (κ1) is 16.7. The molecule has 0 aromatic heterocycles. The number of piperidine rings is 1. The van der Waals surface area contributed by atoms with Crippen molar-refractivity contribution in [1.29, 1.82) is 0 Å². The molecule has 26 heavy (non-hydrogen) atoms. The number of fused-ring (bicyclic) bond motifs is 1. The van der Waals surface area contributed by atoms with E-state index in [0.29, 0.717) is 5.57 Å². The van der Waals surface area contributed by atoms with Crippen molar-refractivity contribution in [3.8, 4) is 0 Å². The van der Waals surface area contributed by atoms with Crippen molar-refractivity contribution < 1.29 is 4.79 Å². The second-order valence-corrected chi connectivity index (χ2v) is 7.39. The van der Waals surface area contributed by atoms with Gasteiger partial charge in [-0.2, -0.15) is 0 Å². The second kappa shape index (κ2) is 6.87. The van der Waals surface area contributed by atoms with Gasteiger partial charge in [0.2, 0.25) is 0 Å². The highest BCUT2D eigenvalue weighted by Gasteiger charge is 2.25. The molecule has 1 fully saturated rings. The summed E-state index contributed by atoms with van der Waals surface area (Å²) in [5, 5.41) is 6.21. The van der Waals surface area contributed by atoms with Gasteiger partial charge in [-0.3, -0.25) is 4.79 Å². The summed E-state index contributed by atoms with van der Waals surface area (Å²) >= 11 is 0. The number of amides is 1. The Balaban J connectivity index is 1.50. The van der Waals surface area contributed by atoms with E-state index >= 15 is 0 Å². The maximum absolute atomic E-state index is 12.3. The molecule has 0 spiro atoms. The summed E-state index contributed by atoms with van der Waals surface area (Å²) in [5.41, 5.74) is 5.92. The van der Waals surface area contributed by atoms with Crippen molar-refractivity contribution in [2.45, 2.75) is 26.7 Å². The van der Waals surface area contributed by atoms with Crippen LogP contribution in [0, 0.1) is 12.8 Å². The van der Waals surface area contributed by atoms with Crippen LogP contribution in [0.1, 0.15) is 30.9 Å². The molecular weight excluding hydrogens is 322 g/mol. The first-order chi connectivity index (χ1) is 12.6. The van der Waals surface area contributed by atoms with Gasteiger partial charge in [-0.05, 0) is 61.6 Å². The van der Waals surface area contributed by atoms with E-state index in [-0.39, 0.29) is 5.91 Å². The third kappa shape index (κ3) is 3.19. The smallest absolute Gasteiger partial charge is 0.257 e. The van der Waals surface area contributed by atoms with E-state index in [9.17, 15) is 4.79 Å². The fourth-order valence-corrected chi connectivity index (χ4v) is 3.92. The molecule has 2 aromatic carbocycles. The molecule has 1 saturated heterocycles. The first-order valence-corrected chi connectivity index (χ1v) is 9.35. The molecule has 0 saturated carbocycles. The van der Waals surface area contributed by atoms with Crippen LogP contribution in [0.5, 0.6) is 0 Å². The van der Waals surface area contributed by atoms with Crippen LogP contribution in [0.2, 0.25) is 0 Å². The summed E-state index contributed by atoms with van der Waals surface area (Å²) in [4.78, 5) is 14.7. The van der Waals surface area contributed by atoms with E-state index in [2.05, 4.69) is 46.7 Å². The van der Waals surface area contributed by atoms with Crippen LogP contribution in [0.3, 0.4) is 0 Å². The van der Waals surface area contributed by atoms with Crippen molar-refractivity contribution >= 4 is 28.5 Å². The van der Waals surface area contributed by atoms with E-state index in [1.54, 1.807) is 0 Å². The van der Waals surface area contributed by atoms with Gasteiger partial charge in [-0.1, -0.05) is 19.1 Å². The molecule has 2 aliphatic heterocycles. The maximum Gasteiger partial charge on any atom is 0.257 e. The topological polar surface area (TPSA) is 44.4 Å². The largest absolute Gasteiger partial charge is 0.371 e. The average molecular weight is 347 g/mol. The number of benzene rings is 2. The third-order valence-electron chi connectivity index (χ3n) is 5.31. The minimum Gasteiger partial charge on any atom is -0.371 e. The SMILES string of the molecule is Cc1cccc2c1/C(=C\Nc1ccc(N3CCCC(C)C3)cc1)C(=O)N2. The number of hydrogen-bond acceptors (Lipinski definition) is 3. The molecule has 2 N–H and O–H groups in total. The minimum absolute atomic E-state index is 0.0549. The van der Waals surface area contributed by atoms with Gasteiger partial charge in [-0.25, -0.2) is 0 Å². The lowest BCUT2D eigenvalue weighted by molar-refractivity contribution is -0.110. The molecule has 1 amide bonds. The Morgan fingerprint density at radius 2 is 2.00 bits per heavy atom. The van der Waals surface area contributed by atoms with Crippen LogP contribution in [0.25, 0.3) is 5.57 Å². The van der Waals surface area contributed by atoms with Crippen LogP contribution in [0.4, 0.5) is 17.1 Å². The summed E-state index contributed by atoms with van der Waals surface area (Å²) in [6, 6.07) is 14.4. The number of nitrogens with zero attached hydrogens (tertiary/aromatic N) is 1. The van der Waals surface area contributed by atoms with Crippen LogP contribution in [-0.2, 0) is 4.79 Å². The van der Waals surface area contributed by atoms with Gasteiger partial charge < -0.3 is 15.5 Å². The molecule has 4 heteroatoms. The van der Waals surface area contributed by atoms with Crippen LogP contribution >= 0.6 is 0 Å². The number of anilines is 3. The van der Waals surface area contributed by atoms with Crippen LogP contribution in [-0.4, -0.2) is 19.0 Å². The van der Waals surface area contributed by atoms with Crippen LogP contribution in [0.15, 0.2) is 48.7 Å². The fraction of sp³-hybridized carbons (Fsp3) is 0.318. The van der Waals surface area contributed by atoms with Crippen molar-refractivity contribution in [1.82, 2.24) is 0 Å². The first-order valence-electron chi connectivity index (χ1n) is 9.35. The molecular formula is C22H25N3O. The third-order valence-corrected chi connectivity index (χ3v) is 5.31. The number of carbonyl (C=O) groups excluding carboxylic acids is 1. The number of aryl methyl sites for hydroxylation is 1. The summed E-state index contributed by atoms with van der Waals surface area (Å²) in [7, 11) is 0. The zero-order valence-corrected chi connectivity index (χ0v) is 15.4. The molecule has 2 heterocycles. The van der Waals surface area contributed by atoms with Gasteiger partial charge >= 0.3 is 0 Å². The van der Waals surface area contributed by atoms with E-state index < -0.39 is 0 Å².